The third kappa shape index (κ3) is 4.06. The summed E-state index contributed by atoms with van der Waals surface area (Å²) in [6.45, 7) is 4.14. The first kappa shape index (κ1) is 24.0. The Kier molecular flexibility index (Phi) is 5.94. The minimum Gasteiger partial charge on any atom is -0.261 e. The van der Waals surface area contributed by atoms with Crippen LogP contribution in [-0.2, 0) is 0 Å². The zero-order valence-corrected chi connectivity index (χ0v) is 22.6. The van der Waals surface area contributed by atoms with Crippen LogP contribution >= 0.6 is 0 Å². The number of nitrogens with zero attached hydrogens (tertiary/aromatic N) is 2. The Morgan fingerprint density at radius 2 is 0.750 bits per heavy atom. The predicted octanol–water partition coefficient (Wildman–Crippen LogP) is 10.1. The molecule has 2 heteroatoms. The van der Waals surface area contributed by atoms with E-state index >= 15 is 0 Å². The van der Waals surface area contributed by atoms with Crippen molar-refractivity contribution >= 4 is 21.5 Å². The quantitative estimate of drug-likeness (QED) is 0.219. The molecule has 0 saturated heterocycles. The highest BCUT2D eigenvalue weighted by atomic mass is 14.7. The largest absolute Gasteiger partial charge is 0.261 e. The third-order valence-corrected chi connectivity index (χ3v) is 7.87. The highest BCUT2D eigenvalue weighted by Crippen LogP contribution is 2.44. The minimum atomic E-state index is 1.04. The molecule has 2 aromatic heterocycles. The molecule has 2 heterocycles. The lowest BCUT2D eigenvalue weighted by molar-refractivity contribution is 1.20. The van der Waals surface area contributed by atoms with Gasteiger partial charge in [-0.25, -0.2) is 0 Å². The van der Waals surface area contributed by atoms with Crippen LogP contribution in [0.5, 0.6) is 0 Å². The zero-order chi connectivity index (χ0) is 27.1. The van der Waals surface area contributed by atoms with E-state index in [1.807, 2.05) is 24.5 Å². The van der Waals surface area contributed by atoms with Crippen molar-refractivity contribution in [3.05, 3.63) is 145 Å². The van der Waals surface area contributed by atoms with Crippen molar-refractivity contribution in [1.82, 2.24) is 9.97 Å². The molecule has 0 amide bonds. The molecule has 40 heavy (non-hydrogen) atoms. The van der Waals surface area contributed by atoms with Gasteiger partial charge >= 0.3 is 0 Å². The van der Waals surface area contributed by atoms with Crippen LogP contribution in [0.2, 0.25) is 0 Å². The van der Waals surface area contributed by atoms with Gasteiger partial charge in [0.1, 0.15) is 0 Å². The molecule has 7 rings (SSSR count). The van der Waals surface area contributed by atoms with Gasteiger partial charge in [0.05, 0.1) is 0 Å². The molecule has 0 saturated carbocycles. The summed E-state index contributed by atoms with van der Waals surface area (Å²) in [6.07, 6.45) is 3.71. The monoisotopic (exact) mass is 512 g/mol. The lowest BCUT2D eigenvalue weighted by Crippen LogP contribution is -1.92. The Labute approximate surface area is 234 Å². The molecule has 0 aliphatic heterocycles. The van der Waals surface area contributed by atoms with Gasteiger partial charge in [-0.1, -0.05) is 97.1 Å². The first-order valence-electron chi connectivity index (χ1n) is 13.7. The molecule has 0 radical (unpaired) electrons. The summed E-state index contributed by atoms with van der Waals surface area (Å²) >= 11 is 0. The molecular weight excluding hydrogens is 484 g/mol. The normalized spacial score (nSPS) is 11.2. The lowest BCUT2D eigenvalue weighted by atomic mass is 9.85. The van der Waals surface area contributed by atoms with Crippen LogP contribution in [-0.4, -0.2) is 9.97 Å². The Morgan fingerprint density at radius 1 is 0.375 bits per heavy atom. The first-order chi connectivity index (χ1) is 19.7. The number of benzene rings is 5. The summed E-state index contributed by atoms with van der Waals surface area (Å²) in [5, 5.41) is 5.00. The molecule has 0 aliphatic carbocycles. The van der Waals surface area contributed by atoms with Crippen molar-refractivity contribution < 1.29 is 0 Å². The van der Waals surface area contributed by atoms with E-state index in [9.17, 15) is 0 Å². The second-order valence-corrected chi connectivity index (χ2v) is 10.3. The number of aryl methyl sites for hydroxylation is 2. The van der Waals surface area contributed by atoms with Crippen LogP contribution in [0.1, 0.15) is 11.4 Å². The van der Waals surface area contributed by atoms with E-state index in [1.54, 1.807) is 0 Å². The number of hydrogen-bond acceptors (Lipinski definition) is 2. The molecule has 0 N–H and O–H groups in total. The average Bonchev–Trinajstić information content (AvgIpc) is 3.00. The Balaban J connectivity index is 1.51. The van der Waals surface area contributed by atoms with Crippen molar-refractivity contribution in [2.45, 2.75) is 13.8 Å². The Morgan fingerprint density at radius 3 is 1.12 bits per heavy atom. The van der Waals surface area contributed by atoms with Crippen molar-refractivity contribution in [1.29, 1.82) is 0 Å². The number of hydrogen-bond donors (Lipinski definition) is 0. The molecule has 190 valence electrons. The standard InChI is InChI=1S/C38H28N2/c1-25-31(19-9-21-39-25)27-11-7-13-29(23-27)37-33-15-3-5-17-35(33)38(36-18-6-4-16-34(36)37)30-14-8-12-28(24-30)32-20-10-22-40-26(32)2/h3-24H,1-2H3. The molecule has 7 aromatic rings. The van der Waals surface area contributed by atoms with Gasteiger partial charge in [0.2, 0.25) is 0 Å². The lowest BCUT2D eigenvalue weighted by Gasteiger charge is -2.19. The molecule has 2 nitrogen and oxygen atoms in total. The second kappa shape index (κ2) is 9.91. The number of fused-ring (bicyclic) bond motifs is 2. The van der Waals surface area contributed by atoms with Crippen LogP contribution in [0.3, 0.4) is 0 Å². The maximum Gasteiger partial charge on any atom is 0.0450 e. The van der Waals surface area contributed by atoms with Crippen LogP contribution < -0.4 is 0 Å². The van der Waals surface area contributed by atoms with Gasteiger partial charge in [-0.15, -0.1) is 0 Å². The fraction of sp³-hybridized carbons (Fsp3) is 0.0526. The third-order valence-electron chi connectivity index (χ3n) is 7.87. The summed E-state index contributed by atoms with van der Waals surface area (Å²) in [4.78, 5) is 9.07. The molecule has 0 spiro atoms. The maximum absolute atomic E-state index is 4.53. The van der Waals surface area contributed by atoms with Gasteiger partial charge in [0, 0.05) is 34.9 Å². The average molecular weight is 513 g/mol. The van der Waals surface area contributed by atoms with Crippen molar-refractivity contribution in [3.63, 3.8) is 0 Å². The van der Waals surface area contributed by atoms with Crippen molar-refractivity contribution in [3.8, 4) is 44.5 Å². The van der Waals surface area contributed by atoms with E-state index in [0.29, 0.717) is 0 Å². The molecule has 0 aliphatic rings. The van der Waals surface area contributed by atoms with Gasteiger partial charge in [-0.05, 0) is 93.0 Å². The SMILES string of the molecule is Cc1ncccc1-c1cccc(-c2c3ccccc3c(-c3cccc(-c4cccnc4C)c3)c3ccccc23)c1. The molecule has 0 atom stereocenters. The zero-order valence-electron chi connectivity index (χ0n) is 22.6. The van der Waals surface area contributed by atoms with E-state index < -0.39 is 0 Å². The van der Waals surface area contributed by atoms with E-state index in [0.717, 1.165) is 22.5 Å². The Hall–Kier alpha value is -5.08. The summed E-state index contributed by atoms with van der Waals surface area (Å²) in [7, 11) is 0. The van der Waals surface area contributed by atoms with Gasteiger partial charge < -0.3 is 0 Å². The van der Waals surface area contributed by atoms with Crippen LogP contribution in [0.25, 0.3) is 66.1 Å². The molecule has 0 fully saturated rings. The number of aromatic nitrogens is 2. The van der Waals surface area contributed by atoms with E-state index in [1.165, 1.54) is 54.9 Å². The summed E-state index contributed by atoms with van der Waals surface area (Å²) < 4.78 is 0. The van der Waals surface area contributed by atoms with Gasteiger partial charge in [-0.2, -0.15) is 0 Å². The first-order valence-corrected chi connectivity index (χ1v) is 13.7. The van der Waals surface area contributed by atoms with Gasteiger partial charge in [-0.3, -0.25) is 9.97 Å². The summed E-state index contributed by atoms with van der Waals surface area (Å²) in [6, 6.07) is 43.7. The van der Waals surface area contributed by atoms with E-state index in [-0.39, 0.29) is 0 Å². The number of rotatable bonds is 4. The maximum atomic E-state index is 4.53. The second-order valence-electron chi connectivity index (χ2n) is 10.3. The smallest absolute Gasteiger partial charge is 0.0450 e. The fourth-order valence-corrected chi connectivity index (χ4v) is 6.01. The fourth-order valence-electron chi connectivity index (χ4n) is 6.01. The Bertz CT molecular complexity index is 1830. The van der Waals surface area contributed by atoms with Gasteiger partial charge in [0.15, 0.2) is 0 Å². The highest BCUT2D eigenvalue weighted by Gasteiger charge is 2.17. The predicted molar refractivity (Wildman–Crippen MR) is 168 cm³/mol. The van der Waals surface area contributed by atoms with Crippen LogP contribution in [0.15, 0.2) is 134 Å². The molecule has 0 bridgehead atoms. The minimum absolute atomic E-state index is 1.04. The van der Waals surface area contributed by atoms with E-state index in [4.69, 9.17) is 0 Å². The van der Waals surface area contributed by atoms with Crippen LogP contribution in [0, 0.1) is 13.8 Å². The summed E-state index contributed by atoms with van der Waals surface area (Å²) in [5.74, 6) is 0. The summed E-state index contributed by atoms with van der Waals surface area (Å²) in [5.41, 5.74) is 11.7. The molecule has 5 aromatic carbocycles. The van der Waals surface area contributed by atoms with E-state index in [2.05, 4.69) is 133 Å². The van der Waals surface area contributed by atoms with Gasteiger partial charge in [0.25, 0.3) is 0 Å². The topological polar surface area (TPSA) is 25.8 Å². The molecule has 0 unspecified atom stereocenters. The van der Waals surface area contributed by atoms with Crippen molar-refractivity contribution in [2.24, 2.45) is 0 Å². The van der Waals surface area contributed by atoms with Crippen LogP contribution in [0.4, 0.5) is 0 Å². The molecular formula is C38H28N2. The highest BCUT2D eigenvalue weighted by molar-refractivity contribution is 6.21. The number of pyridine rings is 2. The van der Waals surface area contributed by atoms with Crippen molar-refractivity contribution in [2.75, 3.05) is 0 Å².